The van der Waals surface area contributed by atoms with E-state index in [0.29, 0.717) is 27.7 Å². The fraction of sp³-hybridized carbons (Fsp3) is 0.174. The molecule has 0 fully saturated rings. The van der Waals surface area contributed by atoms with Crippen LogP contribution in [0.25, 0.3) is 0 Å². The molecule has 0 amide bonds. The second-order valence-electron chi connectivity index (χ2n) is 7.41. The minimum atomic E-state index is -3.99. The summed E-state index contributed by atoms with van der Waals surface area (Å²) in [5.41, 5.74) is 5.20. The third-order valence-electron chi connectivity index (χ3n) is 5.30. The zero-order valence-electron chi connectivity index (χ0n) is 17.4. The van der Waals surface area contributed by atoms with Gasteiger partial charge in [0.25, 0.3) is 0 Å². The van der Waals surface area contributed by atoms with E-state index in [1.54, 1.807) is 37.4 Å². The lowest BCUT2D eigenvalue weighted by molar-refractivity contribution is 0.414. The Hall–Kier alpha value is -2.29. The first kappa shape index (κ1) is 23.9. The van der Waals surface area contributed by atoms with Crippen molar-refractivity contribution in [3.63, 3.8) is 0 Å². The number of nitrogens with zero attached hydrogens (tertiary/aromatic N) is 1. The molecule has 0 radical (unpaired) electrons. The Morgan fingerprint density at radius 1 is 1.03 bits per heavy atom. The molecule has 1 aliphatic rings. The number of hydrazone groups is 1. The Morgan fingerprint density at radius 3 is 2.42 bits per heavy atom. The number of rotatable bonds is 7. The average molecular weight is 525 g/mol. The van der Waals surface area contributed by atoms with Gasteiger partial charge in [-0.3, -0.25) is 0 Å². The highest BCUT2D eigenvalue weighted by Crippen LogP contribution is 2.34. The highest BCUT2D eigenvalue weighted by molar-refractivity contribution is 7.89. The predicted octanol–water partition coefficient (Wildman–Crippen LogP) is 5.77. The van der Waals surface area contributed by atoms with E-state index in [4.69, 9.17) is 39.5 Å². The van der Waals surface area contributed by atoms with Gasteiger partial charge < -0.3 is 10.2 Å². The molecule has 0 bridgehead atoms. The van der Waals surface area contributed by atoms with E-state index in [-0.39, 0.29) is 16.0 Å². The fourth-order valence-corrected chi connectivity index (χ4v) is 5.84. The fourth-order valence-electron chi connectivity index (χ4n) is 3.60. The third kappa shape index (κ3) is 5.28. The van der Waals surface area contributed by atoms with Crippen molar-refractivity contribution in [3.8, 4) is 5.75 Å². The van der Waals surface area contributed by atoms with Gasteiger partial charge in [-0.1, -0.05) is 65.1 Å². The molecule has 0 saturated heterocycles. The van der Waals surface area contributed by atoms with Crippen LogP contribution in [0.5, 0.6) is 5.75 Å². The van der Waals surface area contributed by atoms with E-state index in [2.05, 4.69) is 15.2 Å². The first-order valence-electron chi connectivity index (χ1n) is 9.96. The molecule has 10 heteroatoms. The summed E-state index contributed by atoms with van der Waals surface area (Å²) in [4.78, 5) is -0.0278. The lowest BCUT2D eigenvalue weighted by Gasteiger charge is -2.21. The molecule has 4 rings (SSSR count). The summed E-state index contributed by atoms with van der Waals surface area (Å²) in [7, 11) is -2.39. The Bertz CT molecular complexity index is 1300. The van der Waals surface area contributed by atoms with Crippen molar-refractivity contribution in [1.82, 2.24) is 10.1 Å². The Kier molecular flexibility index (Phi) is 7.16. The smallest absolute Gasteiger partial charge is 0.242 e. The summed E-state index contributed by atoms with van der Waals surface area (Å²) < 4.78 is 34.4. The van der Waals surface area contributed by atoms with Crippen LogP contribution in [0.15, 0.2) is 76.7 Å². The molecule has 6 nitrogen and oxygen atoms in total. The number of nitrogens with one attached hydrogen (secondary N) is 2. The molecule has 1 aliphatic heterocycles. The first-order chi connectivity index (χ1) is 15.8. The van der Waals surface area contributed by atoms with Gasteiger partial charge in [-0.15, -0.1) is 0 Å². The summed E-state index contributed by atoms with van der Waals surface area (Å²) in [6.45, 7) is 0. The summed E-state index contributed by atoms with van der Waals surface area (Å²) >= 11 is 18.7. The molecule has 3 aromatic carbocycles. The largest absolute Gasteiger partial charge is 0.497 e. The van der Waals surface area contributed by atoms with E-state index in [9.17, 15) is 8.42 Å². The number of hydrogen-bond donors (Lipinski definition) is 2. The monoisotopic (exact) mass is 523 g/mol. The molecule has 0 aromatic heterocycles. The normalized spacial score (nSPS) is 16.7. The van der Waals surface area contributed by atoms with Crippen molar-refractivity contribution < 1.29 is 13.2 Å². The zero-order valence-corrected chi connectivity index (χ0v) is 20.5. The number of sulfonamides is 1. The Labute approximate surface area is 207 Å². The van der Waals surface area contributed by atoms with Crippen molar-refractivity contribution >= 4 is 50.5 Å². The van der Waals surface area contributed by atoms with E-state index >= 15 is 0 Å². The molecular formula is C23H20Cl3N3O3S. The van der Waals surface area contributed by atoms with Gasteiger partial charge in [-0.2, -0.15) is 9.82 Å². The average Bonchev–Trinajstić information content (AvgIpc) is 3.28. The molecule has 0 aliphatic carbocycles. The number of halogens is 3. The number of methoxy groups -OCH3 is 1. The minimum absolute atomic E-state index is 0.0278. The van der Waals surface area contributed by atoms with E-state index in [1.165, 1.54) is 12.1 Å². The van der Waals surface area contributed by atoms with Gasteiger partial charge >= 0.3 is 0 Å². The van der Waals surface area contributed by atoms with Crippen molar-refractivity contribution in [1.29, 1.82) is 0 Å². The van der Waals surface area contributed by atoms with Crippen molar-refractivity contribution in [3.05, 3.63) is 92.9 Å². The SMILES string of the molecule is COc1ccc(C2CC(C(NS(=O)(=O)c3ccccc3Cl)c3ccc(Cl)cc3Cl)=NN2)cc1. The molecule has 1 heterocycles. The van der Waals surface area contributed by atoms with Gasteiger partial charge in [-0.25, -0.2) is 8.42 Å². The summed E-state index contributed by atoms with van der Waals surface area (Å²) in [6, 6.07) is 17.8. The number of ether oxygens (including phenoxy) is 1. The van der Waals surface area contributed by atoms with E-state index < -0.39 is 16.1 Å². The van der Waals surface area contributed by atoms with Crippen molar-refractivity contribution in [2.24, 2.45) is 5.10 Å². The van der Waals surface area contributed by atoms with Gasteiger partial charge in [0.05, 0.1) is 29.9 Å². The number of benzene rings is 3. The van der Waals surface area contributed by atoms with Crippen LogP contribution in [-0.2, 0) is 10.0 Å². The van der Waals surface area contributed by atoms with Crippen LogP contribution in [0.1, 0.15) is 29.6 Å². The second kappa shape index (κ2) is 9.91. The molecule has 0 spiro atoms. The maximum absolute atomic E-state index is 13.2. The van der Waals surface area contributed by atoms with Crippen LogP contribution in [0, 0.1) is 0 Å². The van der Waals surface area contributed by atoms with E-state index in [1.807, 2.05) is 24.3 Å². The quantitative estimate of drug-likeness (QED) is 0.411. The molecule has 0 saturated carbocycles. The lowest BCUT2D eigenvalue weighted by atomic mass is 9.96. The van der Waals surface area contributed by atoms with Crippen LogP contribution >= 0.6 is 34.8 Å². The van der Waals surface area contributed by atoms with Crippen LogP contribution in [-0.4, -0.2) is 21.2 Å². The van der Waals surface area contributed by atoms with Gasteiger partial charge in [0, 0.05) is 16.5 Å². The van der Waals surface area contributed by atoms with Gasteiger partial charge in [-0.05, 0) is 47.5 Å². The van der Waals surface area contributed by atoms with Gasteiger partial charge in [0.1, 0.15) is 10.6 Å². The van der Waals surface area contributed by atoms with Crippen LogP contribution in [0.3, 0.4) is 0 Å². The molecular weight excluding hydrogens is 505 g/mol. The van der Waals surface area contributed by atoms with Crippen molar-refractivity contribution in [2.75, 3.05) is 7.11 Å². The van der Waals surface area contributed by atoms with Gasteiger partial charge in [0.15, 0.2) is 0 Å². The maximum atomic E-state index is 13.2. The molecule has 33 heavy (non-hydrogen) atoms. The highest BCUT2D eigenvalue weighted by atomic mass is 35.5. The molecule has 2 unspecified atom stereocenters. The topological polar surface area (TPSA) is 79.8 Å². The molecule has 2 atom stereocenters. The van der Waals surface area contributed by atoms with Crippen LogP contribution in [0.4, 0.5) is 0 Å². The predicted molar refractivity (Wildman–Crippen MR) is 132 cm³/mol. The first-order valence-corrected chi connectivity index (χ1v) is 12.6. The van der Waals surface area contributed by atoms with Crippen LogP contribution in [0.2, 0.25) is 15.1 Å². The zero-order chi connectivity index (χ0) is 23.6. The molecule has 2 N–H and O–H groups in total. The summed E-state index contributed by atoms with van der Waals surface area (Å²) in [6.07, 6.45) is 0.459. The lowest BCUT2D eigenvalue weighted by Crippen LogP contribution is -2.34. The highest BCUT2D eigenvalue weighted by Gasteiger charge is 2.33. The second-order valence-corrected chi connectivity index (χ2v) is 10.3. The molecule has 172 valence electrons. The Morgan fingerprint density at radius 2 is 1.76 bits per heavy atom. The summed E-state index contributed by atoms with van der Waals surface area (Å²) in [5.74, 6) is 0.746. The number of hydrogen-bond acceptors (Lipinski definition) is 5. The van der Waals surface area contributed by atoms with Crippen molar-refractivity contribution in [2.45, 2.75) is 23.4 Å². The standard InChI is InChI=1S/C23H20Cl3N3O3S/c1-32-16-9-6-14(7-10-16)20-13-21(28-27-20)23(17-11-8-15(24)12-19(17)26)29-33(30,31)22-5-3-2-4-18(22)25/h2-12,20,23,27,29H,13H2,1H3. The Balaban J connectivity index is 1.67. The third-order valence-corrected chi connectivity index (χ3v) is 7.79. The maximum Gasteiger partial charge on any atom is 0.242 e. The summed E-state index contributed by atoms with van der Waals surface area (Å²) in [5, 5.41) is 5.35. The minimum Gasteiger partial charge on any atom is -0.497 e. The molecule has 3 aromatic rings. The van der Waals surface area contributed by atoms with Crippen LogP contribution < -0.4 is 14.9 Å². The van der Waals surface area contributed by atoms with Gasteiger partial charge in [0.2, 0.25) is 10.0 Å². The van der Waals surface area contributed by atoms with E-state index in [0.717, 1.165) is 11.3 Å².